The van der Waals surface area contributed by atoms with Crippen LogP contribution >= 0.6 is 0 Å². The molecule has 0 saturated carbocycles. The monoisotopic (exact) mass is 318 g/mol. The second kappa shape index (κ2) is 6.58. The fraction of sp³-hybridized carbons (Fsp3) is 0.412. The van der Waals surface area contributed by atoms with Crippen molar-refractivity contribution in [2.75, 3.05) is 25.0 Å². The van der Waals surface area contributed by atoms with Crippen LogP contribution in [0.1, 0.15) is 17.7 Å². The summed E-state index contributed by atoms with van der Waals surface area (Å²) in [6.07, 6.45) is 2.60. The zero-order valence-electron chi connectivity index (χ0n) is 13.3. The summed E-state index contributed by atoms with van der Waals surface area (Å²) >= 11 is 0. The first-order valence-electron chi connectivity index (χ1n) is 7.70. The van der Waals surface area contributed by atoms with Crippen LogP contribution in [0.25, 0.3) is 0 Å². The summed E-state index contributed by atoms with van der Waals surface area (Å²) in [5.41, 5.74) is 1.74. The molecule has 2 aromatic rings. The smallest absolute Gasteiger partial charge is 0.159 e. The highest BCUT2D eigenvalue weighted by Crippen LogP contribution is 2.21. The fourth-order valence-electron chi connectivity index (χ4n) is 2.99. The lowest BCUT2D eigenvalue weighted by Gasteiger charge is -2.26. The number of likely N-dealkylation sites (N-methyl/N-ethyl adjacent to an activating group) is 1. The highest BCUT2D eigenvalue weighted by molar-refractivity contribution is 5.39. The zero-order chi connectivity index (χ0) is 16.4. The van der Waals surface area contributed by atoms with Crippen molar-refractivity contribution < 1.29 is 8.78 Å². The minimum absolute atomic E-state index is 0.356. The highest BCUT2D eigenvalue weighted by Gasteiger charge is 2.26. The van der Waals surface area contributed by atoms with Gasteiger partial charge in [-0.1, -0.05) is 6.07 Å². The fourth-order valence-corrected chi connectivity index (χ4v) is 2.99. The van der Waals surface area contributed by atoms with Gasteiger partial charge in [-0.05, 0) is 31.0 Å². The van der Waals surface area contributed by atoms with E-state index in [2.05, 4.69) is 19.8 Å². The molecule has 6 heteroatoms. The third kappa shape index (κ3) is 3.64. The van der Waals surface area contributed by atoms with Crippen LogP contribution in [-0.4, -0.2) is 41.0 Å². The number of halogens is 2. The van der Waals surface area contributed by atoms with Crippen molar-refractivity contribution in [1.29, 1.82) is 0 Å². The maximum absolute atomic E-state index is 13.3. The Balaban J connectivity index is 1.62. The second-order valence-corrected chi connectivity index (χ2v) is 6.05. The Labute approximate surface area is 134 Å². The van der Waals surface area contributed by atoms with E-state index in [4.69, 9.17) is 0 Å². The van der Waals surface area contributed by atoms with Gasteiger partial charge >= 0.3 is 0 Å². The van der Waals surface area contributed by atoms with Crippen molar-refractivity contribution in [3.8, 4) is 0 Å². The standard InChI is InChI=1S/C17H20F2N4/c1-12-7-17(21-11-20-12)22(2)14-5-6-23(10-14)9-13-3-4-15(18)16(19)8-13/h3-4,7-8,11,14H,5-6,9-10H2,1-2H3. The minimum atomic E-state index is -0.799. The molecular weight excluding hydrogens is 298 g/mol. The Bertz CT molecular complexity index is 692. The molecule has 23 heavy (non-hydrogen) atoms. The van der Waals surface area contributed by atoms with Gasteiger partial charge < -0.3 is 4.90 Å². The summed E-state index contributed by atoms with van der Waals surface area (Å²) in [4.78, 5) is 12.9. The van der Waals surface area contributed by atoms with E-state index in [1.165, 1.54) is 12.1 Å². The average molecular weight is 318 g/mol. The lowest BCUT2D eigenvalue weighted by atomic mass is 10.2. The van der Waals surface area contributed by atoms with Crippen molar-refractivity contribution in [3.63, 3.8) is 0 Å². The minimum Gasteiger partial charge on any atom is -0.355 e. The normalized spacial score (nSPS) is 18.3. The van der Waals surface area contributed by atoms with Crippen LogP contribution in [0.3, 0.4) is 0 Å². The van der Waals surface area contributed by atoms with Crippen LogP contribution in [0.5, 0.6) is 0 Å². The van der Waals surface area contributed by atoms with Crippen LogP contribution in [0, 0.1) is 18.6 Å². The van der Waals surface area contributed by atoms with Crippen molar-refractivity contribution in [3.05, 3.63) is 53.5 Å². The molecule has 0 aliphatic carbocycles. The zero-order valence-corrected chi connectivity index (χ0v) is 13.3. The molecule has 0 amide bonds. The van der Waals surface area contributed by atoms with E-state index in [-0.39, 0.29) is 0 Å². The number of anilines is 1. The van der Waals surface area contributed by atoms with Gasteiger partial charge in [-0.2, -0.15) is 0 Å². The van der Waals surface area contributed by atoms with E-state index >= 15 is 0 Å². The van der Waals surface area contributed by atoms with Gasteiger partial charge in [0.2, 0.25) is 0 Å². The van der Waals surface area contributed by atoms with Gasteiger partial charge in [-0.15, -0.1) is 0 Å². The van der Waals surface area contributed by atoms with Gasteiger partial charge in [-0.25, -0.2) is 18.7 Å². The Morgan fingerprint density at radius 3 is 2.78 bits per heavy atom. The van der Waals surface area contributed by atoms with Gasteiger partial charge in [0.05, 0.1) is 0 Å². The largest absolute Gasteiger partial charge is 0.355 e. The summed E-state index contributed by atoms with van der Waals surface area (Å²) in [5.74, 6) is -0.670. The molecule has 0 bridgehead atoms. The first kappa shape index (κ1) is 15.8. The SMILES string of the molecule is Cc1cc(N(C)C2CCN(Cc3ccc(F)c(F)c3)C2)ncn1. The van der Waals surface area contributed by atoms with Crippen LogP contribution in [0.15, 0.2) is 30.6 Å². The molecule has 1 aromatic heterocycles. The van der Waals surface area contributed by atoms with Crippen molar-refractivity contribution in [2.24, 2.45) is 0 Å². The molecule has 0 N–H and O–H groups in total. The van der Waals surface area contributed by atoms with Crippen molar-refractivity contribution in [1.82, 2.24) is 14.9 Å². The van der Waals surface area contributed by atoms with Gasteiger partial charge in [0.25, 0.3) is 0 Å². The Hall–Kier alpha value is -2.08. The maximum atomic E-state index is 13.3. The van der Waals surface area contributed by atoms with Crippen LogP contribution < -0.4 is 4.90 Å². The third-order valence-electron chi connectivity index (χ3n) is 4.34. The Morgan fingerprint density at radius 1 is 1.22 bits per heavy atom. The molecule has 0 spiro atoms. The molecule has 4 nitrogen and oxygen atoms in total. The molecule has 1 saturated heterocycles. The van der Waals surface area contributed by atoms with Gasteiger partial charge in [0, 0.05) is 44.5 Å². The maximum Gasteiger partial charge on any atom is 0.159 e. The molecule has 1 aliphatic heterocycles. The Kier molecular flexibility index (Phi) is 4.52. The van der Waals surface area contributed by atoms with E-state index in [0.717, 1.165) is 36.6 Å². The predicted octanol–water partition coefficient (Wildman–Crippen LogP) is 2.77. The van der Waals surface area contributed by atoms with Gasteiger partial charge in [0.1, 0.15) is 12.1 Å². The molecule has 1 aliphatic rings. The summed E-state index contributed by atoms with van der Waals surface area (Å²) < 4.78 is 26.3. The molecule has 1 atom stereocenters. The number of aromatic nitrogens is 2. The lowest BCUT2D eigenvalue weighted by molar-refractivity contribution is 0.324. The van der Waals surface area contributed by atoms with Crippen LogP contribution in [0.4, 0.5) is 14.6 Å². The molecule has 3 rings (SSSR count). The van der Waals surface area contributed by atoms with Crippen LogP contribution in [0.2, 0.25) is 0 Å². The van der Waals surface area contributed by atoms with Crippen molar-refractivity contribution in [2.45, 2.75) is 25.9 Å². The Morgan fingerprint density at radius 2 is 2.04 bits per heavy atom. The lowest BCUT2D eigenvalue weighted by Crippen LogP contribution is -2.35. The molecule has 0 radical (unpaired) electrons. The summed E-state index contributed by atoms with van der Waals surface area (Å²) in [7, 11) is 2.04. The summed E-state index contributed by atoms with van der Waals surface area (Å²) in [6, 6.07) is 6.43. The number of nitrogens with zero attached hydrogens (tertiary/aromatic N) is 4. The van der Waals surface area contributed by atoms with E-state index in [1.54, 1.807) is 12.4 Å². The van der Waals surface area contributed by atoms with Crippen molar-refractivity contribution >= 4 is 5.82 Å². The van der Waals surface area contributed by atoms with E-state index < -0.39 is 11.6 Å². The molecular formula is C17H20F2N4. The first-order chi connectivity index (χ1) is 11.0. The molecule has 122 valence electrons. The van der Waals surface area contributed by atoms with E-state index in [0.29, 0.717) is 12.6 Å². The second-order valence-electron chi connectivity index (χ2n) is 6.05. The number of aryl methyl sites for hydroxylation is 1. The van der Waals surface area contributed by atoms with E-state index in [9.17, 15) is 8.78 Å². The number of rotatable bonds is 4. The number of hydrogen-bond donors (Lipinski definition) is 0. The highest BCUT2D eigenvalue weighted by atomic mass is 19.2. The predicted molar refractivity (Wildman–Crippen MR) is 85.2 cm³/mol. The van der Waals surface area contributed by atoms with Gasteiger partial charge in [0.15, 0.2) is 11.6 Å². The summed E-state index contributed by atoms with van der Waals surface area (Å²) in [5, 5.41) is 0. The molecule has 1 fully saturated rings. The quantitative estimate of drug-likeness (QED) is 0.868. The number of hydrogen-bond acceptors (Lipinski definition) is 4. The average Bonchev–Trinajstić information content (AvgIpc) is 2.99. The third-order valence-corrected chi connectivity index (χ3v) is 4.34. The number of likely N-dealkylation sites (tertiary alicyclic amines) is 1. The molecule has 1 aromatic carbocycles. The van der Waals surface area contributed by atoms with E-state index in [1.807, 2.05) is 20.0 Å². The number of benzene rings is 1. The molecule has 2 heterocycles. The van der Waals surface area contributed by atoms with Gasteiger partial charge in [-0.3, -0.25) is 4.90 Å². The van der Waals surface area contributed by atoms with Crippen LogP contribution in [-0.2, 0) is 6.54 Å². The molecule has 1 unspecified atom stereocenters. The topological polar surface area (TPSA) is 32.3 Å². The summed E-state index contributed by atoms with van der Waals surface area (Å²) in [6.45, 7) is 4.38. The first-order valence-corrected chi connectivity index (χ1v) is 7.70.